The zero-order valence-electron chi connectivity index (χ0n) is 15.1. The molecule has 0 aliphatic rings. The second-order valence-electron chi connectivity index (χ2n) is 6.88. The molecule has 0 N–H and O–H groups in total. The van der Waals surface area contributed by atoms with Gasteiger partial charge in [-0.15, -0.1) is 0 Å². The van der Waals surface area contributed by atoms with Crippen LogP contribution < -0.4 is 0 Å². The Morgan fingerprint density at radius 3 is 1.55 bits per heavy atom. The van der Waals surface area contributed by atoms with Gasteiger partial charge in [0.25, 0.3) is 0 Å². The van der Waals surface area contributed by atoms with Gasteiger partial charge in [-0.05, 0) is 30.1 Å². The number of hydrogen-bond acceptors (Lipinski definition) is 4. The zero-order valence-corrected chi connectivity index (χ0v) is 15.1. The van der Waals surface area contributed by atoms with E-state index in [0.717, 1.165) is 6.42 Å². The lowest BCUT2D eigenvalue weighted by molar-refractivity contribution is -0.148. The molecular weight excluding hydrogens is 280 g/mol. The van der Waals surface area contributed by atoms with E-state index >= 15 is 0 Å². The van der Waals surface area contributed by atoms with Crippen LogP contribution in [0, 0.1) is 23.7 Å². The fraction of sp³-hybridized carbons (Fsp3) is 0.778. The molecule has 0 aliphatic carbocycles. The van der Waals surface area contributed by atoms with Crippen molar-refractivity contribution in [3.05, 3.63) is 11.6 Å². The lowest BCUT2D eigenvalue weighted by atomic mass is 9.91. The van der Waals surface area contributed by atoms with Gasteiger partial charge in [0.05, 0.1) is 13.2 Å². The van der Waals surface area contributed by atoms with E-state index in [2.05, 4.69) is 13.8 Å². The Balaban J connectivity index is 5.16. The van der Waals surface area contributed by atoms with Crippen molar-refractivity contribution < 1.29 is 19.1 Å². The predicted molar refractivity (Wildman–Crippen MR) is 88.3 cm³/mol. The van der Waals surface area contributed by atoms with Crippen LogP contribution in [0.4, 0.5) is 0 Å². The van der Waals surface area contributed by atoms with Crippen LogP contribution in [0.1, 0.15) is 54.9 Å². The summed E-state index contributed by atoms with van der Waals surface area (Å²) in [5.41, 5.74) is 0.0295. The molecule has 0 aliphatic heterocycles. The molecule has 4 nitrogen and oxygen atoms in total. The highest BCUT2D eigenvalue weighted by Gasteiger charge is 2.24. The largest absolute Gasteiger partial charge is 0.462 e. The van der Waals surface area contributed by atoms with Crippen LogP contribution in [-0.2, 0) is 19.1 Å². The van der Waals surface area contributed by atoms with Crippen LogP contribution in [0.15, 0.2) is 11.6 Å². The Labute approximate surface area is 135 Å². The standard InChI is InChI=1S/C18H32O4/c1-8-15(14(6)7)9-16(17(19)21-10-12(2)3)18(20)22-11-13(4)5/h9,12-15H,8,10-11H2,1-7H3. The van der Waals surface area contributed by atoms with E-state index in [-0.39, 0.29) is 23.3 Å². The highest BCUT2D eigenvalue weighted by Crippen LogP contribution is 2.20. The molecule has 4 heteroatoms. The molecule has 0 saturated heterocycles. The second-order valence-corrected chi connectivity index (χ2v) is 6.88. The first kappa shape index (κ1) is 20.7. The zero-order chi connectivity index (χ0) is 17.3. The molecule has 0 radical (unpaired) electrons. The topological polar surface area (TPSA) is 52.6 Å². The van der Waals surface area contributed by atoms with Crippen molar-refractivity contribution in [2.45, 2.75) is 54.9 Å². The van der Waals surface area contributed by atoms with Crippen LogP contribution in [-0.4, -0.2) is 25.2 Å². The molecule has 0 bridgehead atoms. The monoisotopic (exact) mass is 312 g/mol. The molecule has 0 spiro atoms. The third-order valence-electron chi connectivity index (χ3n) is 3.24. The molecule has 0 aromatic rings. The van der Waals surface area contributed by atoms with Crippen molar-refractivity contribution in [3.63, 3.8) is 0 Å². The summed E-state index contributed by atoms with van der Waals surface area (Å²) in [7, 11) is 0. The molecule has 0 fully saturated rings. The SMILES string of the molecule is CCC(C=C(C(=O)OCC(C)C)C(=O)OCC(C)C)C(C)C. The maximum absolute atomic E-state index is 12.2. The van der Waals surface area contributed by atoms with Gasteiger partial charge in [0.2, 0.25) is 0 Å². The van der Waals surface area contributed by atoms with Crippen LogP contribution in [0.25, 0.3) is 0 Å². The van der Waals surface area contributed by atoms with E-state index < -0.39 is 11.9 Å². The normalized spacial score (nSPS) is 12.5. The minimum absolute atomic E-state index is 0.0295. The third kappa shape index (κ3) is 8.20. The molecule has 0 heterocycles. The van der Waals surface area contributed by atoms with Gasteiger partial charge in [0.15, 0.2) is 0 Å². The summed E-state index contributed by atoms with van der Waals surface area (Å²) in [6.45, 7) is 14.6. The number of ether oxygens (including phenoxy) is 2. The van der Waals surface area contributed by atoms with Crippen molar-refractivity contribution in [1.29, 1.82) is 0 Å². The Kier molecular flexibility index (Phi) is 9.79. The minimum Gasteiger partial charge on any atom is -0.462 e. The Morgan fingerprint density at radius 1 is 0.864 bits per heavy atom. The number of carbonyl (C=O) groups is 2. The maximum atomic E-state index is 12.2. The highest BCUT2D eigenvalue weighted by atomic mass is 16.6. The van der Waals surface area contributed by atoms with Crippen LogP contribution in [0.3, 0.4) is 0 Å². The van der Waals surface area contributed by atoms with E-state index in [9.17, 15) is 9.59 Å². The fourth-order valence-electron chi connectivity index (χ4n) is 1.86. The van der Waals surface area contributed by atoms with Gasteiger partial charge in [0, 0.05) is 0 Å². The van der Waals surface area contributed by atoms with Crippen LogP contribution >= 0.6 is 0 Å². The van der Waals surface area contributed by atoms with Gasteiger partial charge in [-0.3, -0.25) is 0 Å². The van der Waals surface area contributed by atoms with E-state index in [1.165, 1.54) is 0 Å². The predicted octanol–water partition coefficient (Wildman–Crippen LogP) is 3.99. The number of allylic oxidation sites excluding steroid dienone is 1. The van der Waals surface area contributed by atoms with Crippen molar-refractivity contribution >= 4 is 11.9 Å². The van der Waals surface area contributed by atoms with Gasteiger partial charge in [-0.25, -0.2) is 9.59 Å². The molecule has 22 heavy (non-hydrogen) atoms. The van der Waals surface area contributed by atoms with E-state index in [4.69, 9.17) is 9.47 Å². The summed E-state index contributed by atoms with van der Waals surface area (Å²) >= 11 is 0. The van der Waals surface area contributed by atoms with Gasteiger partial charge < -0.3 is 9.47 Å². The maximum Gasteiger partial charge on any atom is 0.345 e. The molecular formula is C18H32O4. The molecule has 0 rings (SSSR count). The summed E-state index contributed by atoms with van der Waals surface area (Å²) in [5, 5.41) is 0. The van der Waals surface area contributed by atoms with Crippen molar-refractivity contribution in [3.8, 4) is 0 Å². The fourth-order valence-corrected chi connectivity index (χ4v) is 1.86. The molecule has 0 amide bonds. The summed E-state index contributed by atoms with van der Waals surface area (Å²) < 4.78 is 10.4. The van der Waals surface area contributed by atoms with Crippen molar-refractivity contribution in [2.24, 2.45) is 23.7 Å². The quantitative estimate of drug-likeness (QED) is 0.279. The number of rotatable bonds is 9. The van der Waals surface area contributed by atoms with Crippen molar-refractivity contribution in [2.75, 3.05) is 13.2 Å². The summed E-state index contributed by atoms with van der Waals surface area (Å²) in [5.74, 6) is -0.222. The lowest BCUT2D eigenvalue weighted by Crippen LogP contribution is -2.23. The van der Waals surface area contributed by atoms with Crippen molar-refractivity contribution in [1.82, 2.24) is 0 Å². The van der Waals surface area contributed by atoms with Crippen LogP contribution in [0.2, 0.25) is 0 Å². The Morgan fingerprint density at radius 2 is 1.27 bits per heavy atom. The van der Waals surface area contributed by atoms with E-state index in [1.54, 1.807) is 6.08 Å². The summed E-state index contributed by atoms with van der Waals surface area (Å²) in [6, 6.07) is 0. The molecule has 128 valence electrons. The van der Waals surface area contributed by atoms with E-state index in [1.807, 2.05) is 34.6 Å². The highest BCUT2D eigenvalue weighted by molar-refractivity contribution is 6.14. The van der Waals surface area contributed by atoms with Gasteiger partial charge in [0.1, 0.15) is 5.57 Å². The number of carbonyl (C=O) groups excluding carboxylic acids is 2. The first-order chi connectivity index (χ1) is 10.2. The molecule has 0 aromatic heterocycles. The van der Waals surface area contributed by atoms with E-state index in [0.29, 0.717) is 19.1 Å². The van der Waals surface area contributed by atoms with Gasteiger partial charge >= 0.3 is 11.9 Å². The molecule has 1 atom stereocenters. The minimum atomic E-state index is -0.582. The van der Waals surface area contributed by atoms with Gasteiger partial charge in [-0.2, -0.15) is 0 Å². The smallest absolute Gasteiger partial charge is 0.345 e. The Hall–Kier alpha value is -1.32. The first-order valence-corrected chi connectivity index (χ1v) is 8.25. The number of hydrogen-bond donors (Lipinski definition) is 0. The molecule has 1 unspecified atom stereocenters. The second kappa shape index (κ2) is 10.4. The molecule has 0 saturated carbocycles. The van der Waals surface area contributed by atoms with Gasteiger partial charge in [-0.1, -0.05) is 54.5 Å². The average molecular weight is 312 g/mol. The average Bonchev–Trinajstić information content (AvgIpc) is 2.42. The summed E-state index contributed by atoms with van der Waals surface area (Å²) in [4.78, 5) is 24.4. The molecule has 0 aromatic carbocycles. The first-order valence-electron chi connectivity index (χ1n) is 8.25. The number of esters is 2. The summed E-state index contributed by atoms with van der Waals surface area (Å²) in [6.07, 6.45) is 2.58. The Bertz CT molecular complexity index is 355. The lowest BCUT2D eigenvalue weighted by Gasteiger charge is -2.17. The third-order valence-corrected chi connectivity index (χ3v) is 3.24. The van der Waals surface area contributed by atoms with Crippen LogP contribution in [0.5, 0.6) is 0 Å².